The molecule has 1 aromatic carbocycles. The second-order valence-corrected chi connectivity index (χ2v) is 6.16. The smallest absolute Gasteiger partial charge is 0.305 e. The highest BCUT2D eigenvalue weighted by molar-refractivity contribution is 7.99. The standard InChI is InChI=1S/C15H22N2O3S/c1-11(2)17(15(20)13(16)10-14(18)19)8-9-21-12-6-4-3-5-7-12/h3-7,11,13H,8-10,16H2,1-2H3,(H,18,19)/t13-/m0/s1. The summed E-state index contributed by atoms with van der Waals surface area (Å²) in [7, 11) is 0. The van der Waals surface area contributed by atoms with Crippen LogP contribution in [0.25, 0.3) is 0 Å². The van der Waals surface area contributed by atoms with Crippen molar-refractivity contribution in [2.45, 2.75) is 37.2 Å². The SMILES string of the molecule is CC(C)N(CCSc1ccccc1)C(=O)[C@@H](N)CC(=O)O. The van der Waals surface area contributed by atoms with Gasteiger partial charge in [0.05, 0.1) is 12.5 Å². The molecule has 1 aromatic rings. The molecular weight excluding hydrogens is 288 g/mol. The number of hydrogen-bond acceptors (Lipinski definition) is 4. The van der Waals surface area contributed by atoms with E-state index in [1.54, 1.807) is 16.7 Å². The van der Waals surface area contributed by atoms with Crippen LogP contribution in [-0.4, -0.2) is 46.3 Å². The van der Waals surface area contributed by atoms with Crippen molar-refractivity contribution in [3.63, 3.8) is 0 Å². The molecule has 6 heteroatoms. The maximum absolute atomic E-state index is 12.2. The molecule has 0 saturated heterocycles. The van der Waals surface area contributed by atoms with Crippen LogP contribution >= 0.6 is 11.8 Å². The first kappa shape index (κ1) is 17.5. The van der Waals surface area contributed by atoms with Gasteiger partial charge < -0.3 is 15.7 Å². The molecule has 1 atom stereocenters. The van der Waals surface area contributed by atoms with E-state index in [0.29, 0.717) is 6.54 Å². The maximum Gasteiger partial charge on any atom is 0.305 e. The highest BCUT2D eigenvalue weighted by atomic mass is 32.2. The van der Waals surface area contributed by atoms with Gasteiger partial charge in [-0.15, -0.1) is 11.8 Å². The minimum absolute atomic E-state index is 0.00582. The van der Waals surface area contributed by atoms with Gasteiger partial charge in [0, 0.05) is 23.2 Å². The number of hydrogen-bond donors (Lipinski definition) is 2. The van der Waals surface area contributed by atoms with Crippen LogP contribution in [0, 0.1) is 0 Å². The van der Waals surface area contributed by atoms with E-state index in [1.165, 1.54) is 0 Å². The molecule has 0 spiro atoms. The van der Waals surface area contributed by atoms with E-state index in [0.717, 1.165) is 10.6 Å². The molecular formula is C15H22N2O3S. The Morgan fingerprint density at radius 2 is 1.90 bits per heavy atom. The normalized spacial score (nSPS) is 12.2. The highest BCUT2D eigenvalue weighted by Crippen LogP contribution is 2.17. The number of carboxylic acids is 1. The number of rotatable bonds is 8. The van der Waals surface area contributed by atoms with Gasteiger partial charge in [0.25, 0.3) is 0 Å². The first-order chi connectivity index (χ1) is 9.91. The lowest BCUT2D eigenvalue weighted by molar-refractivity contribution is -0.142. The van der Waals surface area contributed by atoms with Crippen molar-refractivity contribution in [3.05, 3.63) is 30.3 Å². The number of carboxylic acid groups (broad SMARTS) is 1. The first-order valence-electron chi connectivity index (χ1n) is 6.87. The summed E-state index contributed by atoms with van der Waals surface area (Å²) in [6, 6.07) is 8.94. The zero-order valence-corrected chi connectivity index (χ0v) is 13.2. The average Bonchev–Trinajstić information content (AvgIpc) is 2.43. The van der Waals surface area contributed by atoms with Crippen LogP contribution in [-0.2, 0) is 9.59 Å². The van der Waals surface area contributed by atoms with Crippen molar-refractivity contribution in [3.8, 4) is 0 Å². The van der Waals surface area contributed by atoms with Crippen molar-refractivity contribution < 1.29 is 14.7 Å². The lowest BCUT2D eigenvalue weighted by atomic mass is 10.1. The van der Waals surface area contributed by atoms with E-state index in [4.69, 9.17) is 10.8 Å². The van der Waals surface area contributed by atoms with Gasteiger partial charge in [0.2, 0.25) is 5.91 Å². The Bertz CT molecular complexity index is 465. The summed E-state index contributed by atoms with van der Waals surface area (Å²) in [4.78, 5) is 25.6. The number of carbonyl (C=O) groups excluding carboxylic acids is 1. The molecule has 0 heterocycles. The van der Waals surface area contributed by atoms with Crippen LogP contribution in [0.5, 0.6) is 0 Å². The van der Waals surface area contributed by atoms with E-state index in [9.17, 15) is 9.59 Å². The fraction of sp³-hybridized carbons (Fsp3) is 0.467. The minimum Gasteiger partial charge on any atom is -0.481 e. The highest BCUT2D eigenvalue weighted by Gasteiger charge is 2.24. The van der Waals surface area contributed by atoms with Crippen LogP contribution in [0.15, 0.2) is 35.2 Å². The lowest BCUT2D eigenvalue weighted by Crippen LogP contribution is -2.48. The van der Waals surface area contributed by atoms with Crippen LogP contribution in [0.2, 0.25) is 0 Å². The molecule has 1 rings (SSSR count). The number of thioether (sulfide) groups is 1. The molecule has 0 unspecified atom stereocenters. The van der Waals surface area contributed by atoms with Gasteiger partial charge >= 0.3 is 5.97 Å². The fourth-order valence-electron chi connectivity index (χ4n) is 1.89. The van der Waals surface area contributed by atoms with Crippen molar-refractivity contribution in [2.75, 3.05) is 12.3 Å². The summed E-state index contributed by atoms with van der Waals surface area (Å²) >= 11 is 1.66. The van der Waals surface area contributed by atoms with E-state index >= 15 is 0 Å². The number of amides is 1. The molecule has 0 radical (unpaired) electrons. The molecule has 0 aromatic heterocycles. The molecule has 116 valence electrons. The molecule has 0 aliphatic heterocycles. The number of carbonyl (C=O) groups is 2. The van der Waals surface area contributed by atoms with Crippen molar-refractivity contribution in [1.82, 2.24) is 4.90 Å². The second kappa shape index (κ2) is 8.69. The zero-order chi connectivity index (χ0) is 15.8. The molecule has 3 N–H and O–H groups in total. The molecule has 1 amide bonds. The van der Waals surface area contributed by atoms with Gasteiger partial charge in [-0.3, -0.25) is 9.59 Å². The Hall–Kier alpha value is -1.53. The summed E-state index contributed by atoms with van der Waals surface area (Å²) in [5, 5.41) is 8.72. The molecule has 0 aliphatic rings. The monoisotopic (exact) mass is 310 g/mol. The van der Waals surface area contributed by atoms with Crippen LogP contribution in [0.3, 0.4) is 0 Å². The third kappa shape index (κ3) is 6.18. The third-order valence-corrected chi connectivity index (χ3v) is 3.95. The summed E-state index contributed by atoms with van der Waals surface area (Å²) < 4.78 is 0. The van der Waals surface area contributed by atoms with Gasteiger partial charge in [0.15, 0.2) is 0 Å². The van der Waals surface area contributed by atoms with Gasteiger partial charge in [-0.05, 0) is 26.0 Å². The number of nitrogens with two attached hydrogens (primary N) is 1. The lowest BCUT2D eigenvalue weighted by Gasteiger charge is -2.29. The van der Waals surface area contributed by atoms with Gasteiger partial charge in [-0.2, -0.15) is 0 Å². The van der Waals surface area contributed by atoms with Crippen molar-refractivity contribution in [1.29, 1.82) is 0 Å². The van der Waals surface area contributed by atoms with E-state index in [-0.39, 0.29) is 18.4 Å². The Morgan fingerprint density at radius 1 is 1.29 bits per heavy atom. The Labute approximate surface area is 129 Å². The largest absolute Gasteiger partial charge is 0.481 e. The van der Waals surface area contributed by atoms with Crippen LogP contribution in [0.1, 0.15) is 20.3 Å². The van der Waals surface area contributed by atoms with Crippen LogP contribution < -0.4 is 5.73 Å². The second-order valence-electron chi connectivity index (χ2n) is 4.99. The Morgan fingerprint density at radius 3 is 2.43 bits per heavy atom. The summed E-state index contributed by atoms with van der Waals surface area (Å²) in [5.74, 6) is -0.618. The Kier molecular flexibility index (Phi) is 7.25. The summed E-state index contributed by atoms with van der Waals surface area (Å²) in [6.45, 7) is 4.35. The first-order valence-corrected chi connectivity index (χ1v) is 7.86. The molecule has 0 saturated carbocycles. The molecule has 21 heavy (non-hydrogen) atoms. The van der Waals surface area contributed by atoms with E-state index < -0.39 is 12.0 Å². The van der Waals surface area contributed by atoms with Crippen LogP contribution in [0.4, 0.5) is 0 Å². The van der Waals surface area contributed by atoms with E-state index in [1.807, 2.05) is 44.2 Å². The molecule has 0 fully saturated rings. The number of benzene rings is 1. The number of nitrogens with zero attached hydrogens (tertiary/aromatic N) is 1. The predicted molar refractivity (Wildman–Crippen MR) is 84.2 cm³/mol. The minimum atomic E-state index is -1.06. The quantitative estimate of drug-likeness (QED) is 0.716. The maximum atomic E-state index is 12.2. The molecule has 5 nitrogen and oxygen atoms in total. The topological polar surface area (TPSA) is 83.6 Å². The third-order valence-electron chi connectivity index (χ3n) is 2.96. The molecule has 0 bridgehead atoms. The fourth-order valence-corrected chi connectivity index (χ4v) is 2.76. The van der Waals surface area contributed by atoms with Gasteiger partial charge in [-0.25, -0.2) is 0 Å². The molecule has 0 aliphatic carbocycles. The summed E-state index contributed by atoms with van der Waals surface area (Å²) in [6.07, 6.45) is -0.339. The zero-order valence-electron chi connectivity index (χ0n) is 12.4. The summed E-state index contributed by atoms with van der Waals surface area (Å²) in [5.41, 5.74) is 5.66. The van der Waals surface area contributed by atoms with Gasteiger partial charge in [0.1, 0.15) is 0 Å². The predicted octanol–water partition coefficient (Wildman–Crippen LogP) is 1.82. The average molecular weight is 310 g/mol. The Balaban J connectivity index is 2.53. The van der Waals surface area contributed by atoms with Crippen molar-refractivity contribution >= 4 is 23.6 Å². The van der Waals surface area contributed by atoms with Crippen molar-refractivity contribution in [2.24, 2.45) is 5.73 Å². The van der Waals surface area contributed by atoms with E-state index in [2.05, 4.69) is 0 Å². The van der Waals surface area contributed by atoms with Gasteiger partial charge in [-0.1, -0.05) is 18.2 Å². The number of aliphatic carboxylic acids is 1.